The molecular weight excluding hydrogens is 296 g/mol. The molecule has 0 fully saturated rings. The van der Waals surface area contributed by atoms with E-state index in [2.05, 4.69) is 10.5 Å². The van der Waals surface area contributed by atoms with E-state index in [1.165, 1.54) is 0 Å². The molecule has 0 saturated carbocycles. The van der Waals surface area contributed by atoms with Gasteiger partial charge in [-0.3, -0.25) is 9.59 Å². The van der Waals surface area contributed by atoms with E-state index in [0.29, 0.717) is 17.7 Å². The average molecular weight is 316 g/mol. The quantitative estimate of drug-likeness (QED) is 0.817. The molecule has 2 rings (SSSR count). The summed E-state index contributed by atoms with van der Waals surface area (Å²) in [7, 11) is 0. The molecule has 1 aromatic carbocycles. The fourth-order valence-corrected chi connectivity index (χ4v) is 2.43. The third kappa shape index (κ3) is 4.42. The van der Waals surface area contributed by atoms with Crippen molar-refractivity contribution in [2.75, 3.05) is 6.54 Å². The molecular formula is C17H20N2O4. The number of amides is 1. The van der Waals surface area contributed by atoms with Crippen LogP contribution in [0.25, 0.3) is 0 Å². The molecule has 1 atom stereocenters. The van der Waals surface area contributed by atoms with Crippen LogP contribution in [-0.2, 0) is 16.0 Å². The number of nitrogens with one attached hydrogen (secondary N) is 1. The van der Waals surface area contributed by atoms with Gasteiger partial charge in [-0.25, -0.2) is 0 Å². The summed E-state index contributed by atoms with van der Waals surface area (Å²) in [6, 6.07) is 8.88. The van der Waals surface area contributed by atoms with E-state index >= 15 is 0 Å². The van der Waals surface area contributed by atoms with Gasteiger partial charge in [-0.1, -0.05) is 35.5 Å². The van der Waals surface area contributed by atoms with Crippen molar-refractivity contribution in [3.8, 4) is 0 Å². The third-order valence-corrected chi connectivity index (χ3v) is 3.79. The summed E-state index contributed by atoms with van der Waals surface area (Å²) < 4.78 is 5.06. The number of benzene rings is 1. The molecule has 23 heavy (non-hydrogen) atoms. The van der Waals surface area contributed by atoms with Gasteiger partial charge in [0.05, 0.1) is 11.6 Å². The number of hydrogen-bond acceptors (Lipinski definition) is 4. The van der Waals surface area contributed by atoms with Gasteiger partial charge in [-0.15, -0.1) is 0 Å². The number of carboxylic acids is 1. The van der Waals surface area contributed by atoms with Gasteiger partial charge in [0.2, 0.25) is 5.91 Å². The number of carbonyl (C=O) groups is 2. The van der Waals surface area contributed by atoms with Crippen LogP contribution in [0.1, 0.15) is 34.9 Å². The second-order valence-electron chi connectivity index (χ2n) is 5.41. The van der Waals surface area contributed by atoms with Crippen LogP contribution >= 0.6 is 0 Å². The third-order valence-electron chi connectivity index (χ3n) is 3.79. The zero-order chi connectivity index (χ0) is 16.8. The van der Waals surface area contributed by atoms with Crippen molar-refractivity contribution >= 4 is 11.9 Å². The van der Waals surface area contributed by atoms with Crippen LogP contribution in [0.15, 0.2) is 34.9 Å². The molecule has 0 aliphatic carbocycles. The molecule has 0 saturated heterocycles. The van der Waals surface area contributed by atoms with Gasteiger partial charge < -0.3 is 14.9 Å². The van der Waals surface area contributed by atoms with Crippen LogP contribution in [0.2, 0.25) is 0 Å². The Bertz CT molecular complexity index is 660. The zero-order valence-electron chi connectivity index (χ0n) is 13.2. The van der Waals surface area contributed by atoms with Crippen molar-refractivity contribution in [2.45, 2.75) is 32.6 Å². The standard InChI is InChI=1S/C17H20N2O4/c1-11-14(12(2)23-19-11)8-9-16(20)18-10-15(17(21)22)13-6-4-3-5-7-13/h3-7,15H,8-10H2,1-2H3,(H,18,20)(H,21,22). The Hall–Kier alpha value is -2.63. The Morgan fingerprint density at radius 3 is 2.52 bits per heavy atom. The molecule has 1 amide bonds. The Morgan fingerprint density at radius 2 is 1.96 bits per heavy atom. The molecule has 0 radical (unpaired) electrons. The summed E-state index contributed by atoms with van der Waals surface area (Å²) >= 11 is 0. The lowest BCUT2D eigenvalue weighted by atomic mass is 9.99. The van der Waals surface area contributed by atoms with Gasteiger partial charge in [-0.2, -0.15) is 0 Å². The van der Waals surface area contributed by atoms with E-state index in [4.69, 9.17) is 4.52 Å². The van der Waals surface area contributed by atoms with Gasteiger partial charge in [0.15, 0.2) is 0 Å². The monoisotopic (exact) mass is 316 g/mol. The van der Waals surface area contributed by atoms with Gasteiger partial charge in [-0.05, 0) is 25.8 Å². The summed E-state index contributed by atoms with van der Waals surface area (Å²) in [5, 5.41) is 15.9. The first-order valence-electron chi connectivity index (χ1n) is 7.45. The molecule has 0 bridgehead atoms. The topological polar surface area (TPSA) is 92.4 Å². The lowest BCUT2D eigenvalue weighted by Crippen LogP contribution is -2.31. The van der Waals surface area contributed by atoms with Gasteiger partial charge in [0.25, 0.3) is 0 Å². The van der Waals surface area contributed by atoms with E-state index in [0.717, 1.165) is 11.3 Å². The van der Waals surface area contributed by atoms with Crippen LogP contribution in [0, 0.1) is 13.8 Å². The molecule has 0 aliphatic rings. The highest BCUT2D eigenvalue weighted by Gasteiger charge is 2.20. The Morgan fingerprint density at radius 1 is 1.26 bits per heavy atom. The molecule has 6 nitrogen and oxygen atoms in total. The highest BCUT2D eigenvalue weighted by Crippen LogP contribution is 2.16. The number of carboxylic acid groups (broad SMARTS) is 1. The minimum atomic E-state index is -0.956. The SMILES string of the molecule is Cc1noc(C)c1CCC(=O)NCC(C(=O)O)c1ccccc1. The molecule has 122 valence electrons. The first-order valence-corrected chi connectivity index (χ1v) is 7.45. The number of rotatable bonds is 7. The van der Waals surface area contributed by atoms with E-state index in [9.17, 15) is 14.7 Å². The maximum absolute atomic E-state index is 12.0. The summed E-state index contributed by atoms with van der Waals surface area (Å²) in [6.45, 7) is 3.71. The predicted octanol–water partition coefficient (Wildman–Crippen LogP) is 2.21. The van der Waals surface area contributed by atoms with Crippen molar-refractivity contribution in [1.29, 1.82) is 0 Å². The minimum Gasteiger partial charge on any atom is -0.481 e. The molecule has 2 N–H and O–H groups in total. The molecule has 0 spiro atoms. The molecule has 6 heteroatoms. The highest BCUT2D eigenvalue weighted by atomic mass is 16.5. The Labute approximate surface area is 134 Å². The Kier molecular flexibility index (Phi) is 5.51. The van der Waals surface area contributed by atoms with E-state index in [1.807, 2.05) is 19.9 Å². The van der Waals surface area contributed by atoms with Crippen LogP contribution < -0.4 is 5.32 Å². The molecule has 0 aliphatic heterocycles. The molecule has 1 unspecified atom stereocenters. The first kappa shape index (κ1) is 16.7. The summed E-state index contributed by atoms with van der Waals surface area (Å²) in [6.07, 6.45) is 0.792. The number of carbonyl (C=O) groups excluding carboxylic acids is 1. The molecule has 1 aromatic heterocycles. The normalized spacial score (nSPS) is 11.9. The van der Waals surface area contributed by atoms with Crippen LogP contribution in [0.5, 0.6) is 0 Å². The van der Waals surface area contributed by atoms with Crippen LogP contribution in [0.3, 0.4) is 0 Å². The van der Waals surface area contributed by atoms with Crippen molar-refractivity contribution in [2.24, 2.45) is 0 Å². The fourth-order valence-electron chi connectivity index (χ4n) is 2.43. The Balaban J connectivity index is 1.89. The van der Waals surface area contributed by atoms with E-state index < -0.39 is 11.9 Å². The minimum absolute atomic E-state index is 0.0692. The smallest absolute Gasteiger partial charge is 0.312 e. The maximum atomic E-state index is 12.0. The second kappa shape index (κ2) is 7.58. The summed E-state index contributed by atoms with van der Waals surface area (Å²) in [5.74, 6) is -1.18. The lowest BCUT2D eigenvalue weighted by molar-refractivity contribution is -0.138. The van der Waals surface area contributed by atoms with E-state index in [-0.39, 0.29) is 18.9 Å². The number of aryl methyl sites for hydroxylation is 2. The number of aliphatic carboxylic acids is 1. The van der Waals surface area contributed by atoms with Crippen molar-refractivity contribution in [3.63, 3.8) is 0 Å². The van der Waals surface area contributed by atoms with E-state index in [1.54, 1.807) is 24.3 Å². The lowest BCUT2D eigenvalue weighted by Gasteiger charge is -2.13. The largest absolute Gasteiger partial charge is 0.481 e. The molecule has 2 aromatic rings. The van der Waals surface area contributed by atoms with Crippen molar-refractivity contribution < 1.29 is 19.2 Å². The maximum Gasteiger partial charge on any atom is 0.312 e. The summed E-state index contributed by atoms with van der Waals surface area (Å²) in [4.78, 5) is 23.3. The first-order chi connectivity index (χ1) is 11.0. The predicted molar refractivity (Wildman–Crippen MR) is 84.1 cm³/mol. The summed E-state index contributed by atoms with van der Waals surface area (Å²) in [5.41, 5.74) is 2.38. The van der Waals surface area contributed by atoms with Gasteiger partial charge >= 0.3 is 5.97 Å². The van der Waals surface area contributed by atoms with Crippen LogP contribution in [-0.4, -0.2) is 28.7 Å². The molecule has 1 heterocycles. The second-order valence-corrected chi connectivity index (χ2v) is 5.41. The van der Waals surface area contributed by atoms with Crippen molar-refractivity contribution in [3.05, 3.63) is 52.9 Å². The highest BCUT2D eigenvalue weighted by molar-refractivity contribution is 5.80. The number of aromatic nitrogens is 1. The number of hydrogen-bond donors (Lipinski definition) is 2. The van der Waals surface area contributed by atoms with Gasteiger partial charge in [0.1, 0.15) is 5.76 Å². The van der Waals surface area contributed by atoms with Gasteiger partial charge in [0, 0.05) is 18.5 Å². The van der Waals surface area contributed by atoms with Crippen LogP contribution in [0.4, 0.5) is 0 Å². The van der Waals surface area contributed by atoms with Crippen molar-refractivity contribution in [1.82, 2.24) is 10.5 Å². The zero-order valence-corrected chi connectivity index (χ0v) is 13.2. The average Bonchev–Trinajstić information content (AvgIpc) is 2.85. The number of nitrogens with zero attached hydrogens (tertiary/aromatic N) is 1. The fraction of sp³-hybridized carbons (Fsp3) is 0.353.